The first-order chi connectivity index (χ1) is 42.6. The maximum atomic E-state index is 13.2. The van der Waals surface area contributed by atoms with Gasteiger partial charge in [0.25, 0.3) is 0 Å². The van der Waals surface area contributed by atoms with Gasteiger partial charge in [-0.2, -0.15) is 0 Å². The molecule has 0 radical (unpaired) electrons. The molecule has 0 aromatic heterocycles. The first-order valence-electron chi connectivity index (χ1n) is 33.5. The normalized spacial score (nSPS) is 18.4. The molecule has 12 heteroatoms. The lowest BCUT2D eigenvalue weighted by atomic mass is 9.98. The van der Waals surface area contributed by atoms with Crippen LogP contribution in [0.15, 0.2) is 158 Å². The van der Waals surface area contributed by atoms with Gasteiger partial charge in [-0.3, -0.25) is 14.4 Å². The third-order valence-electron chi connectivity index (χ3n) is 14.1. The Morgan fingerprint density at radius 1 is 0.391 bits per heavy atom. The highest BCUT2D eigenvalue weighted by Gasteiger charge is 2.50. The van der Waals surface area contributed by atoms with Crippen molar-refractivity contribution in [1.82, 2.24) is 0 Å². The van der Waals surface area contributed by atoms with Gasteiger partial charge in [-0.05, 0) is 148 Å². The summed E-state index contributed by atoms with van der Waals surface area (Å²) in [6.45, 7) is 5.69. The van der Waals surface area contributed by atoms with Crippen molar-refractivity contribution in [3.63, 3.8) is 0 Å². The van der Waals surface area contributed by atoms with E-state index in [2.05, 4.69) is 179 Å². The second-order valence-corrected chi connectivity index (χ2v) is 22.0. The zero-order valence-electron chi connectivity index (χ0n) is 53.9. The second kappa shape index (κ2) is 60.6. The molecule has 1 fully saturated rings. The Morgan fingerprint density at radius 2 is 0.724 bits per heavy atom. The molecule has 1 rings (SSSR count). The van der Waals surface area contributed by atoms with E-state index in [4.69, 9.17) is 23.7 Å². The number of hydrogen-bond donors (Lipinski definition) is 3. The summed E-state index contributed by atoms with van der Waals surface area (Å²) in [6.07, 6.45) is 76.1. The van der Waals surface area contributed by atoms with Crippen molar-refractivity contribution in [2.24, 2.45) is 0 Å². The van der Waals surface area contributed by atoms with Crippen LogP contribution < -0.4 is 0 Å². The Bertz CT molecular complexity index is 2120. The highest BCUT2D eigenvalue weighted by molar-refractivity contribution is 5.74. The van der Waals surface area contributed by atoms with Crippen molar-refractivity contribution in [3.8, 4) is 0 Å². The minimum absolute atomic E-state index is 0.00685. The first kappa shape index (κ1) is 79.4. The number of ether oxygens (including phenoxy) is 5. The van der Waals surface area contributed by atoms with E-state index in [-0.39, 0.29) is 25.9 Å². The Morgan fingerprint density at radius 3 is 1.11 bits per heavy atom. The van der Waals surface area contributed by atoms with E-state index in [0.29, 0.717) is 19.3 Å². The van der Waals surface area contributed by atoms with E-state index in [1.165, 1.54) is 19.3 Å². The number of aliphatic hydroxyl groups excluding tert-OH is 2. The summed E-state index contributed by atoms with van der Waals surface area (Å²) in [5.41, 5.74) is 0. The molecule has 6 unspecified atom stereocenters. The number of carbonyl (C=O) groups is 4. The number of unbranched alkanes of at least 4 members (excludes halogenated alkanes) is 15. The lowest BCUT2D eigenvalue weighted by Crippen LogP contribution is -2.61. The third kappa shape index (κ3) is 50.0. The van der Waals surface area contributed by atoms with Crippen molar-refractivity contribution in [2.45, 2.75) is 276 Å². The number of rotatable bonds is 55. The van der Waals surface area contributed by atoms with Crippen LogP contribution in [0.1, 0.15) is 239 Å². The van der Waals surface area contributed by atoms with Crippen LogP contribution in [0.2, 0.25) is 0 Å². The molecule has 0 aliphatic carbocycles. The lowest BCUT2D eigenvalue weighted by Gasteiger charge is -2.40. The summed E-state index contributed by atoms with van der Waals surface area (Å²) in [5, 5.41) is 31.6. The molecule has 1 saturated heterocycles. The minimum Gasteiger partial charge on any atom is -0.479 e. The minimum atomic E-state index is -1.93. The first-order valence-corrected chi connectivity index (χ1v) is 33.5. The number of carboxylic acid groups (broad SMARTS) is 1. The van der Waals surface area contributed by atoms with Gasteiger partial charge in [-0.1, -0.05) is 230 Å². The van der Waals surface area contributed by atoms with Gasteiger partial charge in [0, 0.05) is 19.3 Å². The standard InChI is InChI=1S/C75H116O12/c1-4-7-10-13-16-19-22-25-28-31-34-37-40-43-46-49-52-55-58-61-67(76)83-64-66(85-68(77)62-59-56-53-50-47-44-41-38-35-32-29-26-23-20-17-14-11-8-5-2)65-84-75-73(71(80)70(79)72(87-75)74(81)82)86-69(78)63-60-57-54-51-48-45-42-39-36-33-30-27-24-21-18-15-12-9-6-3/h7,9-10,12,16-21,25-30,34-39,43,45-46,48,66,70-73,75,79-80H,4-6,8,11,13-15,22-24,31-33,40-42,44,47,49-65H2,1-3H3,(H,81,82)/b10-7-,12-9-,19-16-,20-17-,21-18-,28-25-,29-26-,30-27-,37-34-,38-35-,39-36-,46-43-,48-45-. The van der Waals surface area contributed by atoms with E-state index in [9.17, 15) is 34.5 Å². The maximum absolute atomic E-state index is 13.2. The molecule has 0 saturated carbocycles. The molecular formula is C75H116O12. The van der Waals surface area contributed by atoms with Crippen molar-refractivity contribution in [2.75, 3.05) is 13.2 Å². The summed E-state index contributed by atoms with van der Waals surface area (Å²) in [6, 6.07) is 0. The maximum Gasteiger partial charge on any atom is 0.335 e. The molecule has 3 N–H and O–H groups in total. The number of aliphatic carboxylic acids is 1. The van der Waals surface area contributed by atoms with E-state index in [0.717, 1.165) is 161 Å². The molecule has 1 aliphatic heterocycles. The molecule has 0 aromatic carbocycles. The zero-order valence-corrected chi connectivity index (χ0v) is 53.9. The molecule has 1 heterocycles. The Balaban J connectivity index is 2.73. The van der Waals surface area contributed by atoms with Crippen LogP contribution in [0.4, 0.5) is 0 Å². The highest BCUT2D eigenvalue weighted by atomic mass is 16.7. The summed E-state index contributed by atoms with van der Waals surface area (Å²) >= 11 is 0. The fraction of sp³-hybridized carbons (Fsp3) is 0.600. The predicted octanol–water partition coefficient (Wildman–Crippen LogP) is 18.5. The topological polar surface area (TPSA) is 175 Å². The van der Waals surface area contributed by atoms with Crippen molar-refractivity contribution >= 4 is 23.9 Å². The van der Waals surface area contributed by atoms with Crippen LogP contribution in [0, 0.1) is 0 Å². The molecule has 0 spiro atoms. The van der Waals surface area contributed by atoms with Crippen LogP contribution in [-0.2, 0) is 42.9 Å². The average Bonchev–Trinajstić information content (AvgIpc) is 2.56. The van der Waals surface area contributed by atoms with Crippen LogP contribution in [0.25, 0.3) is 0 Å². The van der Waals surface area contributed by atoms with Gasteiger partial charge in [0.2, 0.25) is 0 Å². The Labute approximate surface area is 526 Å². The van der Waals surface area contributed by atoms with Gasteiger partial charge in [0.05, 0.1) is 6.61 Å². The van der Waals surface area contributed by atoms with Crippen LogP contribution in [0.3, 0.4) is 0 Å². The molecule has 6 atom stereocenters. The number of carboxylic acids is 1. The van der Waals surface area contributed by atoms with Gasteiger partial charge in [0.15, 0.2) is 24.6 Å². The molecule has 488 valence electrons. The van der Waals surface area contributed by atoms with Gasteiger partial charge >= 0.3 is 23.9 Å². The largest absolute Gasteiger partial charge is 0.479 e. The molecular weight excluding hydrogens is 1090 g/mol. The average molecular weight is 1210 g/mol. The molecule has 0 bridgehead atoms. The zero-order chi connectivity index (χ0) is 63.1. The summed E-state index contributed by atoms with van der Waals surface area (Å²) < 4.78 is 28.5. The number of allylic oxidation sites excluding steroid dienone is 26. The number of hydrogen-bond acceptors (Lipinski definition) is 11. The molecule has 87 heavy (non-hydrogen) atoms. The smallest absolute Gasteiger partial charge is 0.335 e. The van der Waals surface area contributed by atoms with Crippen molar-refractivity contribution in [1.29, 1.82) is 0 Å². The van der Waals surface area contributed by atoms with Gasteiger partial charge in [-0.15, -0.1) is 0 Å². The second-order valence-electron chi connectivity index (χ2n) is 22.0. The molecule has 12 nitrogen and oxygen atoms in total. The fourth-order valence-corrected chi connectivity index (χ4v) is 9.01. The summed E-state index contributed by atoms with van der Waals surface area (Å²) in [4.78, 5) is 51.4. The highest BCUT2D eigenvalue weighted by Crippen LogP contribution is 2.26. The third-order valence-corrected chi connectivity index (χ3v) is 14.1. The predicted molar refractivity (Wildman–Crippen MR) is 358 cm³/mol. The molecule has 1 aliphatic rings. The number of esters is 3. The fourth-order valence-electron chi connectivity index (χ4n) is 9.01. The van der Waals surface area contributed by atoms with Crippen molar-refractivity contribution < 1.29 is 58.2 Å². The van der Waals surface area contributed by atoms with Crippen molar-refractivity contribution in [3.05, 3.63) is 158 Å². The van der Waals surface area contributed by atoms with Gasteiger partial charge in [0.1, 0.15) is 18.8 Å². The van der Waals surface area contributed by atoms with E-state index in [1.54, 1.807) is 0 Å². The number of carbonyl (C=O) groups excluding carboxylic acids is 3. The van der Waals surface area contributed by atoms with Gasteiger partial charge < -0.3 is 39.0 Å². The van der Waals surface area contributed by atoms with Gasteiger partial charge in [-0.25, -0.2) is 4.79 Å². The lowest BCUT2D eigenvalue weighted by molar-refractivity contribution is -0.301. The Kier molecular flexibility index (Phi) is 55.3. The molecule has 0 amide bonds. The van der Waals surface area contributed by atoms with Crippen LogP contribution in [0.5, 0.6) is 0 Å². The summed E-state index contributed by atoms with van der Waals surface area (Å²) in [5.74, 6) is -3.24. The Hall–Kier alpha value is -5.66. The van der Waals surface area contributed by atoms with E-state index in [1.807, 2.05) is 0 Å². The quantitative estimate of drug-likeness (QED) is 0.0228. The number of aliphatic hydroxyl groups is 2. The van der Waals surface area contributed by atoms with Crippen LogP contribution >= 0.6 is 0 Å². The monoisotopic (exact) mass is 1210 g/mol. The van der Waals surface area contributed by atoms with E-state index < -0.39 is 67.3 Å². The SMILES string of the molecule is CC/C=C\C/C=C\C/C=C\C/C=C\C/C=C\CCCCCC(=O)OCC(COC1OC(C(=O)O)C(O)C(O)C1OC(=O)CCCCC/C=C\C/C=C\C/C=C\C/C=C\C/C=C\CC)OC(=O)CCCCCCCC/C=C\C/C=C\C/C=C\CCCCC. The van der Waals surface area contributed by atoms with Crippen LogP contribution in [-0.4, -0.2) is 89.2 Å². The molecule has 0 aromatic rings. The summed E-state index contributed by atoms with van der Waals surface area (Å²) in [7, 11) is 0. The van der Waals surface area contributed by atoms with E-state index >= 15 is 0 Å².